The molecular weight excluding hydrogens is 242 g/mol. The van der Waals surface area contributed by atoms with Gasteiger partial charge in [0.05, 0.1) is 17.1 Å². The molecule has 0 spiro atoms. The van der Waals surface area contributed by atoms with Gasteiger partial charge in [-0.25, -0.2) is 10.1 Å². The van der Waals surface area contributed by atoms with Crippen LogP contribution in [0.25, 0.3) is 10.9 Å². The first kappa shape index (κ1) is 12.1. The van der Waals surface area contributed by atoms with Crippen LogP contribution in [-0.4, -0.2) is 27.3 Å². The highest BCUT2D eigenvalue weighted by molar-refractivity contribution is 5.78. The molecule has 6 nitrogen and oxygen atoms in total. The maximum absolute atomic E-state index is 11.5. The number of fused-ring (bicyclic) bond motifs is 1. The molecule has 19 heavy (non-hydrogen) atoms. The van der Waals surface area contributed by atoms with Crippen LogP contribution in [0.5, 0.6) is 0 Å². The van der Waals surface area contributed by atoms with Crippen LogP contribution in [0.4, 0.5) is 5.82 Å². The second-order valence-corrected chi connectivity index (χ2v) is 5.10. The maximum Gasteiger partial charge on any atom is 0.273 e. The lowest BCUT2D eigenvalue weighted by atomic mass is 9.92. The SMILES string of the molecule is NC1CCCC(Nc2ccc3c(=O)[nH]ncc3n2)C1. The smallest absolute Gasteiger partial charge is 0.273 e. The number of pyridine rings is 1. The van der Waals surface area contributed by atoms with E-state index in [1.54, 1.807) is 12.3 Å². The normalized spacial score (nSPS) is 23.4. The molecule has 0 bridgehead atoms. The number of hydrogen-bond acceptors (Lipinski definition) is 5. The van der Waals surface area contributed by atoms with E-state index in [9.17, 15) is 4.79 Å². The van der Waals surface area contributed by atoms with E-state index >= 15 is 0 Å². The van der Waals surface area contributed by atoms with Crippen molar-refractivity contribution < 1.29 is 0 Å². The fraction of sp³-hybridized carbons (Fsp3) is 0.462. The quantitative estimate of drug-likeness (QED) is 0.747. The molecule has 2 heterocycles. The molecule has 0 aromatic carbocycles. The van der Waals surface area contributed by atoms with Crippen LogP contribution in [0.1, 0.15) is 25.7 Å². The third-order valence-electron chi connectivity index (χ3n) is 3.59. The van der Waals surface area contributed by atoms with Gasteiger partial charge in [0.1, 0.15) is 5.82 Å². The number of aromatic nitrogens is 3. The summed E-state index contributed by atoms with van der Waals surface area (Å²) < 4.78 is 0. The molecule has 0 aliphatic heterocycles. The van der Waals surface area contributed by atoms with Gasteiger partial charge >= 0.3 is 0 Å². The molecule has 1 saturated carbocycles. The summed E-state index contributed by atoms with van der Waals surface area (Å²) in [7, 11) is 0. The Morgan fingerprint density at radius 1 is 1.37 bits per heavy atom. The number of nitrogens with two attached hydrogens (primary N) is 1. The molecule has 0 amide bonds. The van der Waals surface area contributed by atoms with E-state index in [1.807, 2.05) is 6.07 Å². The van der Waals surface area contributed by atoms with Crippen LogP contribution in [0.15, 0.2) is 23.1 Å². The highest BCUT2D eigenvalue weighted by atomic mass is 16.1. The fourth-order valence-corrected chi connectivity index (χ4v) is 2.63. The van der Waals surface area contributed by atoms with Crippen molar-refractivity contribution in [3.8, 4) is 0 Å². The van der Waals surface area contributed by atoms with Gasteiger partial charge in [0.2, 0.25) is 0 Å². The standard InChI is InChI=1S/C13H17N5O/c14-8-2-1-3-9(6-8)16-12-5-4-10-11(17-12)7-15-18-13(10)19/h4-5,7-9H,1-3,6,14H2,(H,16,17)(H,18,19). The van der Waals surface area contributed by atoms with Crippen molar-refractivity contribution in [3.63, 3.8) is 0 Å². The lowest BCUT2D eigenvalue weighted by molar-refractivity contribution is 0.409. The van der Waals surface area contributed by atoms with Gasteiger partial charge in [0, 0.05) is 12.1 Å². The van der Waals surface area contributed by atoms with E-state index < -0.39 is 0 Å². The van der Waals surface area contributed by atoms with Gasteiger partial charge < -0.3 is 11.1 Å². The van der Waals surface area contributed by atoms with E-state index in [2.05, 4.69) is 20.5 Å². The minimum Gasteiger partial charge on any atom is -0.367 e. The van der Waals surface area contributed by atoms with Gasteiger partial charge in [0.25, 0.3) is 5.56 Å². The van der Waals surface area contributed by atoms with E-state index in [-0.39, 0.29) is 11.6 Å². The molecule has 2 aromatic rings. The van der Waals surface area contributed by atoms with Gasteiger partial charge in [0.15, 0.2) is 0 Å². The number of rotatable bonds is 2. The van der Waals surface area contributed by atoms with Crippen LogP contribution in [0, 0.1) is 0 Å². The number of nitrogens with zero attached hydrogens (tertiary/aromatic N) is 2. The number of hydrogen-bond donors (Lipinski definition) is 3. The van der Waals surface area contributed by atoms with Gasteiger partial charge in [-0.3, -0.25) is 4.79 Å². The van der Waals surface area contributed by atoms with Crippen molar-refractivity contribution in [2.75, 3.05) is 5.32 Å². The summed E-state index contributed by atoms with van der Waals surface area (Å²) in [6, 6.07) is 4.24. The minimum atomic E-state index is -0.212. The predicted molar refractivity (Wildman–Crippen MR) is 74.0 cm³/mol. The number of aromatic amines is 1. The second kappa shape index (κ2) is 4.97. The third-order valence-corrected chi connectivity index (χ3v) is 3.59. The zero-order chi connectivity index (χ0) is 13.2. The topological polar surface area (TPSA) is 96.7 Å². The summed E-state index contributed by atoms with van der Waals surface area (Å²) in [6.07, 6.45) is 5.89. The first-order chi connectivity index (χ1) is 9.22. The van der Waals surface area contributed by atoms with Crippen LogP contribution < -0.4 is 16.6 Å². The lowest BCUT2D eigenvalue weighted by Gasteiger charge is -2.27. The zero-order valence-electron chi connectivity index (χ0n) is 10.6. The molecule has 6 heteroatoms. The Kier molecular flexibility index (Phi) is 3.16. The molecule has 3 rings (SSSR count). The van der Waals surface area contributed by atoms with E-state index in [0.29, 0.717) is 16.9 Å². The Hall–Kier alpha value is -1.95. The minimum absolute atomic E-state index is 0.212. The van der Waals surface area contributed by atoms with Crippen molar-refractivity contribution in [3.05, 3.63) is 28.7 Å². The molecule has 1 aliphatic carbocycles. The molecule has 1 aliphatic rings. The molecule has 2 unspecified atom stereocenters. The summed E-state index contributed by atoms with van der Waals surface area (Å²) >= 11 is 0. The predicted octanol–water partition coefficient (Wildman–Crippen LogP) is 1.000. The average Bonchev–Trinajstić information content (AvgIpc) is 2.39. The number of H-pyrrole nitrogens is 1. The summed E-state index contributed by atoms with van der Waals surface area (Å²) in [5.74, 6) is 0.777. The van der Waals surface area contributed by atoms with Crippen LogP contribution >= 0.6 is 0 Å². The third kappa shape index (κ3) is 2.58. The Bertz CT molecular complexity index is 638. The Balaban J connectivity index is 1.83. The Morgan fingerprint density at radius 3 is 3.11 bits per heavy atom. The molecule has 1 fully saturated rings. The Labute approximate surface area is 110 Å². The summed E-state index contributed by atoms with van der Waals surface area (Å²) in [4.78, 5) is 15.9. The molecule has 100 valence electrons. The monoisotopic (exact) mass is 259 g/mol. The molecule has 2 atom stereocenters. The fourth-order valence-electron chi connectivity index (χ4n) is 2.63. The zero-order valence-corrected chi connectivity index (χ0v) is 10.6. The van der Waals surface area contributed by atoms with Crippen LogP contribution in [0.3, 0.4) is 0 Å². The summed E-state index contributed by atoms with van der Waals surface area (Å²) in [6.45, 7) is 0. The van der Waals surface area contributed by atoms with Crippen molar-refractivity contribution >= 4 is 16.7 Å². The van der Waals surface area contributed by atoms with Crippen LogP contribution in [0.2, 0.25) is 0 Å². The van der Waals surface area contributed by atoms with Gasteiger partial charge in [-0.05, 0) is 37.8 Å². The second-order valence-electron chi connectivity index (χ2n) is 5.10. The molecule has 4 N–H and O–H groups in total. The summed E-state index contributed by atoms with van der Waals surface area (Å²) in [5, 5.41) is 10.1. The molecule has 2 aromatic heterocycles. The van der Waals surface area contributed by atoms with Crippen molar-refractivity contribution in [2.45, 2.75) is 37.8 Å². The van der Waals surface area contributed by atoms with Crippen molar-refractivity contribution in [2.24, 2.45) is 5.73 Å². The number of anilines is 1. The van der Waals surface area contributed by atoms with Crippen LogP contribution in [-0.2, 0) is 0 Å². The Morgan fingerprint density at radius 2 is 2.26 bits per heavy atom. The van der Waals surface area contributed by atoms with E-state index in [0.717, 1.165) is 31.5 Å². The molecular formula is C13H17N5O. The average molecular weight is 259 g/mol. The molecule has 0 radical (unpaired) electrons. The first-order valence-corrected chi connectivity index (χ1v) is 6.59. The number of nitrogens with one attached hydrogen (secondary N) is 2. The molecule has 0 saturated heterocycles. The summed E-state index contributed by atoms with van der Waals surface area (Å²) in [5.41, 5.74) is 6.37. The van der Waals surface area contributed by atoms with Crippen molar-refractivity contribution in [1.82, 2.24) is 15.2 Å². The lowest BCUT2D eigenvalue weighted by Crippen LogP contribution is -2.35. The van der Waals surface area contributed by atoms with Gasteiger partial charge in [-0.1, -0.05) is 0 Å². The van der Waals surface area contributed by atoms with Gasteiger partial charge in [-0.2, -0.15) is 5.10 Å². The van der Waals surface area contributed by atoms with E-state index in [1.165, 1.54) is 0 Å². The highest BCUT2D eigenvalue weighted by Crippen LogP contribution is 2.21. The van der Waals surface area contributed by atoms with Crippen molar-refractivity contribution in [1.29, 1.82) is 0 Å². The highest BCUT2D eigenvalue weighted by Gasteiger charge is 2.19. The van der Waals surface area contributed by atoms with E-state index in [4.69, 9.17) is 5.73 Å². The van der Waals surface area contributed by atoms with Gasteiger partial charge in [-0.15, -0.1) is 0 Å². The largest absolute Gasteiger partial charge is 0.367 e. The first-order valence-electron chi connectivity index (χ1n) is 6.59. The maximum atomic E-state index is 11.5.